The summed E-state index contributed by atoms with van der Waals surface area (Å²) in [7, 11) is 0. The average molecular weight is 273 g/mol. The number of rotatable bonds is 4. The minimum absolute atomic E-state index is 0.165. The zero-order valence-corrected chi connectivity index (χ0v) is 12.2. The van der Waals surface area contributed by atoms with Crippen molar-refractivity contribution in [1.82, 2.24) is 15.2 Å². The molecule has 6 nitrogen and oxygen atoms in total. The largest absolute Gasteiger partial charge is 0.370 e. The summed E-state index contributed by atoms with van der Waals surface area (Å²) in [6, 6.07) is 3.51. The molecule has 2 aromatic rings. The van der Waals surface area contributed by atoms with E-state index in [1.807, 2.05) is 27.7 Å². The summed E-state index contributed by atoms with van der Waals surface area (Å²) < 4.78 is 0. The summed E-state index contributed by atoms with van der Waals surface area (Å²) >= 11 is 0. The van der Waals surface area contributed by atoms with Crippen LogP contribution in [0.5, 0.6) is 0 Å². The van der Waals surface area contributed by atoms with Crippen LogP contribution in [0.15, 0.2) is 12.1 Å². The number of aromatic amines is 1. The summed E-state index contributed by atoms with van der Waals surface area (Å²) in [5.74, 6) is 0.542. The molecular weight excluding hydrogens is 254 g/mol. The van der Waals surface area contributed by atoms with Crippen LogP contribution < -0.4 is 10.6 Å². The maximum atomic E-state index is 12.3. The van der Waals surface area contributed by atoms with Crippen LogP contribution in [-0.4, -0.2) is 27.6 Å². The monoisotopic (exact) mass is 273 g/mol. The smallest absolute Gasteiger partial charge is 0.255 e. The predicted octanol–water partition coefficient (Wildman–Crippen LogP) is 2.41. The highest BCUT2D eigenvalue weighted by atomic mass is 16.1. The van der Waals surface area contributed by atoms with Crippen LogP contribution in [0.1, 0.15) is 34.4 Å². The highest BCUT2D eigenvalue weighted by Crippen LogP contribution is 2.18. The van der Waals surface area contributed by atoms with Crippen molar-refractivity contribution in [2.75, 3.05) is 17.2 Å². The molecule has 0 aliphatic heterocycles. The number of aromatic nitrogens is 3. The average Bonchev–Trinajstić information content (AvgIpc) is 2.70. The second-order valence-electron chi connectivity index (χ2n) is 4.68. The third-order valence-corrected chi connectivity index (χ3v) is 2.94. The fraction of sp³-hybridized carbons (Fsp3) is 0.357. The summed E-state index contributed by atoms with van der Waals surface area (Å²) in [5, 5.41) is 12.9. The Morgan fingerprint density at radius 3 is 2.65 bits per heavy atom. The molecule has 0 saturated heterocycles. The minimum atomic E-state index is -0.165. The third kappa shape index (κ3) is 2.96. The molecule has 1 amide bonds. The fourth-order valence-electron chi connectivity index (χ4n) is 1.99. The van der Waals surface area contributed by atoms with Crippen molar-refractivity contribution in [3.63, 3.8) is 0 Å². The Balaban J connectivity index is 2.25. The van der Waals surface area contributed by atoms with E-state index in [-0.39, 0.29) is 5.91 Å². The predicted molar refractivity (Wildman–Crippen MR) is 79.2 cm³/mol. The van der Waals surface area contributed by atoms with Crippen molar-refractivity contribution in [2.24, 2.45) is 0 Å². The molecule has 0 aromatic carbocycles. The quantitative estimate of drug-likeness (QED) is 0.799. The van der Waals surface area contributed by atoms with Gasteiger partial charge in [0.1, 0.15) is 5.82 Å². The summed E-state index contributed by atoms with van der Waals surface area (Å²) in [5.41, 5.74) is 3.72. The third-order valence-electron chi connectivity index (χ3n) is 2.94. The molecule has 0 spiro atoms. The number of nitrogens with zero attached hydrogens (tertiary/aromatic N) is 2. The highest BCUT2D eigenvalue weighted by molar-refractivity contribution is 6.05. The first-order valence-corrected chi connectivity index (χ1v) is 6.56. The molecule has 0 saturated carbocycles. The summed E-state index contributed by atoms with van der Waals surface area (Å²) in [6.07, 6.45) is 0. The molecular formula is C14H19N5O. The molecule has 0 aliphatic carbocycles. The molecule has 0 aliphatic rings. The maximum Gasteiger partial charge on any atom is 0.255 e. The Hall–Kier alpha value is -2.37. The fourth-order valence-corrected chi connectivity index (χ4v) is 1.99. The molecule has 2 rings (SSSR count). The van der Waals surface area contributed by atoms with Gasteiger partial charge in [0.15, 0.2) is 0 Å². The van der Waals surface area contributed by atoms with Gasteiger partial charge in [-0.25, -0.2) is 4.98 Å². The van der Waals surface area contributed by atoms with Gasteiger partial charge in [0.05, 0.1) is 17.1 Å². The lowest BCUT2D eigenvalue weighted by Gasteiger charge is -2.09. The molecule has 0 atom stereocenters. The standard InChI is InChI=1S/C14H19N5O/c1-5-15-12-7-11(6-8(2)16-12)14(20)17-13-9(3)18-19-10(13)4/h6-7H,5H2,1-4H3,(H,15,16)(H,17,20)(H,18,19). The van der Waals surface area contributed by atoms with Crippen molar-refractivity contribution in [2.45, 2.75) is 27.7 Å². The molecule has 20 heavy (non-hydrogen) atoms. The Labute approximate surface area is 118 Å². The Bertz CT molecular complexity index is 613. The number of amides is 1. The van der Waals surface area contributed by atoms with Crippen LogP contribution >= 0.6 is 0 Å². The SMILES string of the molecule is CCNc1cc(C(=O)Nc2c(C)n[nH]c2C)cc(C)n1. The molecule has 2 aromatic heterocycles. The molecule has 0 fully saturated rings. The molecule has 6 heteroatoms. The number of hydrogen-bond acceptors (Lipinski definition) is 4. The van der Waals surface area contributed by atoms with Crippen LogP contribution in [0, 0.1) is 20.8 Å². The molecule has 0 radical (unpaired) electrons. The first-order chi connectivity index (χ1) is 9.51. The molecule has 3 N–H and O–H groups in total. The van der Waals surface area contributed by atoms with E-state index in [1.165, 1.54) is 0 Å². The van der Waals surface area contributed by atoms with Gasteiger partial charge < -0.3 is 10.6 Å². The van der Waals surface area contributed by atoms with Gasteiger partial charge in [-0.2, -0.15) is 5.10 Å². The van der Waals surface area contributed by atoms with Gasteiger partial charge in [0, 0.05) is 17.8 Å². The van der Waals surface area contributed by atoms with E-state index in [1.54, 1.807) is 12.1 Å². The van der Waals surface area contributed by atoms with E-state index in [2.05, 4.69) is 25.8 Å². The first kappa shape index (κ1) is 14.0. The number of H-pyrrole nitrogens is 1. The van der Waals surface area contributed by atoms with Crippen LogP contribution in [0.25, 0.3) is 0 Å². The van der Waals surface area contributed by atoms with E-state index < -0.39 is 0 Å². The van der Waals surface area contributed by atoms with E-state index in [4.69, 9.17) is 0 Å². The molecule has 2 heterocycles. The zero-order valence-electron chi connectivity index (χ0n) is 12.2. The van der Waals surface area contributed by atoms with Crippen molar-refractivity contribution < 1.29 is 4.79 Å². The number of pyridine rings is 1. The highest BCUT2D eigenvalue weighted by Gasteiger charge is 2.13. The first-order valence-electron chi connectivity index (χ1n) is 6.56. The molecule has 0 bridgehead atoms. The maximum absolute atomic E-state index is 12.3. The van der Waals surface area contributed by atoms with Gasteiger partial charge >= 0.3 is 0 Å². The lowest BCUT2D eigenvalue weighted by Crippen LogP contribution is -2.14. The van der Waals surface area contributed by atoms with Crippen LogP contribution in [0.4, 0.5) is 11.5 Å². The number of carbonyl (C=O) groups is 1. The van der Waals surface area contributed by atoms with Gasteiger partial charge in [-0.05, 0) is 39.8 Å². The topological polar surface area (TPSA) is 82.7 Å². The zero-order chi connectivity index (χ0) is 14.7. The summed E-state index contributed by atoms with van der Waals surface area (Å²) in [4.78, 5) is 16.6. The van der Waals surface area contributed by atoms with Crippen molar-refractivity contribution >= 4 is 17.4 Å². The van der Waals surface area contributed by atoms with Crippen molar-refractivity contribution in [3.8, 4) is 0 Å². The molecule has 106 valence electrons. The Morgan fingerprint density at radius 2 is 2.05 bits per heavy atom. The number of aryl methyl sites for hydroxylation is 3. The Kier molecular flexibility index (Phi) is 4.02. The van der Waals surface area contributed by atoms with Gasteiger partial charge in [0.25, 0.3) is 5.91 Å². The van der Waals surface area contributed by atoms with Crippen LogP contribution in [-0.2, 0) is 0 Å². The van der Waals surface area contributed by atoms with E-state index in [9.17, 15) is 4.79 Å². The van der Waals surface area contributed by atoms with Crippen LogP contribution in [0.3, 0.4) is 0 Å². The lowest BCUT2D eigenvalue weighted by molar-refractivity contribution is 0.102. The minimum Gasteiger partial charge on any atom is -0.370 e. The van der Waals surface area contributed by atoms with Crippen molar-refractivity contribution in [1.29, 1.82) is 0 Å². The van der Waals surface area contributed by atoms with Crippen LogP contribution in [0.2, 0.25) is 0 Å². The normalized spacial score (nSPS) is 10.4. The summed E-state index contributed by atoms with van der Waals surface area (Å²) in [6.45, 7) is 8.34. The second kappa shape index (κ2) is 5.73. The van der Waals surface area contributed by atoms with E-state index in [0.717, 1.165) is 29.3 Å². The van der Waals surface area contributed by atoms with Gasteiger partial charge in [-0.3, -0.25) is 9.89 Å². The second-order valence-corrected chi connectivity index (χ2v) is 4.68. The van der Waals surface area contributed by atoms with E-state index >= 15 is 0 Å². The van der Waals surface area contributed by atoms with Gasteiger partial charge in [-0.1, -0.05) is 0 Å². The number of hydrogen-bond donors (Lipinski definition) is 3. The Morgan fingerprint density at radius 1 is 1.30 bits per heavy atom. The van der Waals surface area contributed by atoms with Crippen molar-refractivity contribution in [3.05, 3.63) is 34.8 Å². The lowest BCUT2D eigenvalue weighted by atomic mass is 10.2. The number of nitrogens with one attached hydrogen (secondary N) is 3. The number of anilines is 2. The van der Waals surface area contributed by atoms with Gasteiger partial charge in [-0.15, -0.1) is 0 Å². The molecule has 0 unspecified atom stereocenters. The van der Waals surface area contributed by atoms with E-state index in [0.29, 0.717) is 11.4 Å². The number of carbonyl (C=O) groups excluding carboxylic acids is 1. The van der Waals surface area contributed by atoms with Gasteiger partial charge in [0.2, 0.25) is 0 Å².